The molecule has 118 valence electrons. The van der Waals surface area contributed by atoms with Gasteiger partial charge in [0.25, 0.3) is 0 Å². The van der Waals surface area contributed by atoms with Gasteiger partial charge in [-0.25, -0.2) is 0 Å². The first-order valence-corrected chi connectivity index (χ1v) is 8.84. The third-order valence-corrected chi connectivity index (χ3v) is 5.32. The van der Waals surface area contributed by atoms with Crippen LogP contribution in [0.1, 0.15) is 57.4 Å². The van der Waals surface area contributed by atoms with Crippen molar-refractivity contribution >= 4 is 22.3 Å². The molecule has 1 aliphatic heterocycles. The molecule has 4 rings (SSSR count). The van der Waals surface area contributed by atoms with Crippen molar-refractivity contribution in [1.29, 1.82) is 0 Å². The van der Waals surface area contributed by atoms with Gasteiger partial charge in [-0.15, -0.1) is 0 Å². The van der Waals surface area contributed by atoms with Gasteiger partial charge in [-0.3, -0.25) is 4.68 Å². The van der Waals surface area contributed by atoms with Gasteiger partial charge in [-0.05, 0) is 44.2 Å². The van der Waals surface area contributed by atoms with E-state index in [9.17, 15) is 0 Å². The van der Waals surface area contributed by atoms with Gasteiger partial charge >= 0.3 is 0 Å². The van der Waals surface area contributed by atoms with Gasteiger partial charge in [-0.1, -0.05) is 19.3 Å². The molecule has 0 bridgehead atoms. The number of hydrogen-bond acceptors (Lipinski definition) is 3. The fraction of sp³-hybridized carbons (Fsp3) is 0.611. The van der Waals surface area contributed by atoms with Crippen LogP contribution in [0.2, 0.25) is 0 Å². The molecule has 1 saturated heterocycles. The number of piperidine rings is 1. The number of hydrogen-bond donors (Lipinski definition) is 1. The maximum Gasteiger partial charge on any atom is 0.0945 e. The van der Waals surface area contributed by atoms with E-state index in [1.54, 1.807) is 0 Å². The Morgan fingerprint density at radius 2 is 1.68 bits per heavy atom. The molecule has 2 aliphatic rings. The second-order valence-electron chi connectivity index (χ2n) is 6.92. The first kappa shape index (κ1) is 13.9. The molecular formula is C18H26N4. The Morgan fingerprint density at radius 1 is 0.955 bits per heavy atom. The maximum absolute atomic E-state index is 6.33. The summed E-state index contributed by atoms with van der Waals surface area (Å²) in [5, 5.41) is 6.05. The number of aromatic nitrogens is 2. The predicted molar refractivity (Wildman–Crippen MR) is 92.3 cm³/mol. The van der Waals surface area contributed by atoms with Crippen LogP contribution in [0.25, 0.3) is 10.9 Å². The van der Waals surface area contributed by atoms with Crippen molar-refractivity contribution in [2.24, 2.45) is 0 Å². The fourth-order valence-electron chi connectivity index (χ4n) is 4.04. The summed E-state index contributed by atoms with van der Waals surface area (Å²) in [6, 6.07) is 4.90. The Balaban J connectivity index is 1.67. The van der Waals surface area contributed by atoms with Crippen LogP contribution in [0, 0.1) is 0 Å². The highest BCUT2D eigenvalue weighted by Gasteiger charge is 2.19. The van der Waals surface area contributed by atoms with Crippen LogP contribution >= 0.6 is 0 Å². The van der Waals surface area contributed by atoms with E-state index in [0.29, 0.717) is 6.04 Å². The van der Waals surface area contributed by atoms with E-state index in [1.165, 1.54) is 62.4 Å². The molecule has 4 heteroatoms. The highest BCUT2D eigenvalue weighted by atomic mass is 15.3. The lowest BCUT2D eigenvalue weighted by Crippen LogP contribution is -2.29. The minimum atomic E-state index is 0.584. The van der Waals surface area contributed by atoms with Gasteiger partial charge in [0.05, 0.1) is 22.9 Å². The maximum atomic E-state index is 6.33. The summed E-state index contributed by atoms with van der Waals surface area (Å²) in [7, 11) is 0. The van der Waals surface area contributed by atoms with E-state index in [-0.39, 0.29) is 0 Å². The summed E-state index contributed by atoms with van der Waals surface area (Å²) in [6.45, 7) is 2.25. The molecule has 2 fully saturated rings. The quantitative estimate of drug-likeness (QED) is 0.849. The number of nitrogen functional groups attached to an aromatic ring is 1. The number of rotatable bonds is 2. The molecule has 1 aromatic heterocycles. The lowest BCUT2D eigenvalue weighted by atomic mass is 9.96. The van der Waals surface area contributed by atoms with Crippen molar-refractivity contribution in [3.63, 3.8) is 0 Å². The summed E-state index contributed by atoms with van der Waals surface area (Å²) in [6.07, 6.45) is 12.7. The molecule has 2 aromatic rings. The number of nitrogens with two attached hydrogens (primary N) is 1. The summed E-state index contributed by atoms with van der Waals surface area (Å²) in [5.74, 6) is 0. The summed E-state index contributed by atoms with van der Waals surface area (Å²) in [5.41, 5.74) is 9.51. The van der Waals surface area contributed by atoms with Gasteiger partial charge in [-0.2, -0.15) is 5.10 Å². The summed E-state index contributed by atoms with van der Waals surface area (Å²) in [4.78, 5) is 2.43. The minimum absolute atomic E-state index is 0.584. The third kappa shape index (κ3) is 2.55. The summed E-state index contributed by atoms with van der Waals surface area (Å²) < 4.78 is 2.20. The van der Waals surface area contributed by atoms with Crippen LogP contribution in [0.15, 0.2) is 18.3 Å². The van der Waals surface area contributed by atoms with Crippen LogP contribution in [-0.4, -0.2) is 22.9 Å². The zero-order chi connectivity index (χ0) is 14.9. The number of nitrogens with zero attached hydrogens (tertiary/aromatic N) is 3. The van der Waals surface area contributed by atoms with E-state index in [2.05, 4.69) is 27.9 Å². The molecule has 2 N–H and O–H groups in total. The van der Waals surface area contributed by atoms with E-state index >= 15 is 0 Å². The van der Waals surface area contributed by atoms with Gasteiger partial charge in [0.1, 0.15) is 0 Å². The van der Waals surface area contributed by atoms with Crippen LogP contribution < -0.4 is 10.6 Å². The Morgan fingerprint density at radius 3 is 2.45 bits per heavy atom. The molecular weight excluding hydrogens is 272 g/mol. The first-order chi connectivity index (χ1) is 10.8. The average molecular weight is 298 g/mol. The largest absolute Gasteiger partial charge is 0.397 e. The van der Waals surface area contributed by atoms with Gasteiger partial charge in [0, 0.05) is 24.7 Å². The van der Waals surface area contributed by atoms with Crippen molar-refractivity contribution in [3.05, 3.63) is 18.3 Å². The molecule has 0 amide bonds. The van der Waals surface area contributed by atoms with Crippen LogP contribution in [0.3, 0.4) is 0 Å². The molecule has 0 unspecified atom stereocenters. The third-order valence-electron chi connectivity index (χ3n) is 5.32. The molecule has 0 spiro atoms. The molecule has 4 nitrogen and oxygen atoms in total. The van der Waals surface area contributed by atoms with E-state index in [1.807, 2.05) is 0 Å². The topological polar surface area (TPSA) is 47.1 Å². The van der Waals surface area contributed by atoms with Crippen molar-refractivity contribution in [2.45, 2.75) is 57.4 Å². The zero-order valence-corrected chi connectivity index (χ0v) is 13.3. The van der Waals surface area contributed by atoms with E-state index < -0.39 is 0 Å². The molecule has 2 heterocycles. The monoisotopic (exact) mass is 298 g/mol. The van der Waals surface area contributed by atoms with Gasteiger partial charge in [0.15, 0.2) is 0 Å². The van der Waals surface area contributed by atoms with Crippen molar-refractivity contribution < 1.29 is 0 Å². The van der Waals surface area contributed by atoms with Gasteiger partial charge in [0.2, 0.25) is 0 Å². The molecule has 1 aromatic carbocycles. The second-order valence-corrected chi connectivity index (χ2v) is 6.92. The highest BCUT2D eigenvalue weighted by Crippen LogP contribution is 2.33. The second kappa shape index (κ2) is 5.82. The minimum Gasteiger partial charge on any atom is -0.397 e. The smallest absolute Gasteiger partial charge is 0.0945 e. The zero-order valence-electron chi connectivity index (χ0n) is 13.3. The van der Waals surface area contributed by atoms with Crippen LogP contribution in [0.5, 0.6) is 0 Å². The predicted octanol–water partition coefficient (Wildman–Crippen LogP) is 4.11. The lowest BCUT2D eigenvalue weighted by Gasteiger charge is -2.29. The van der Waals surface area contributed by atoms with Crippen LogP contribution in [0.4, 0.5) is 11.4 Å². The van der Waals surface area contributed by atoms with Crippen LogP contribution in [-0.2, 0) is 0 Å². The molecule has 0 atom stereocenters. The SMILES string of the molecule is Nc1cc2cn(C3CCCCC3)nc2cc1N1CCCCC1. The fourth-order valence-corrected chi connectivity index (χ4v) is 4.04. The van der Waals surface area contributed by atoms with Gasteiger partial charge < -0.3 is 10.6 Å². The molecule has 1 saturated carbocycles. The molecule has 22 heavy (non-hydrogen) atoms. The Hall–Kier alpha value is -1.71. The Bertz CT molecular complexity index is 648. The number of fused-ring (bicyclic) bond motifs is 1. The number of benzene rings is 1. The van der Waals surface area contributed by atoms with E-state index in [0.717, 1.165) is 24.3 Å². The number of anilines is 2. The molecule has 0 radical (unpaired) electrons. The Labute approximate surface area is 132 Å². The van der Waals surface area contributed by atoms with E-state index in [4.69, 9.17) is 10.8 Å². The van der Waals surface area contributed by atoms with Crippen molar-refractivity contribution in [1.82, 2.24) is 9.78 Å². The summed E-state index contributed by atoms with van der Waals surface area (Å²) >= 11 is 0. The Kier molecular flexibility index (Phi) is 3.68. The van der Waals surface area contributed by atoms with Crippen molar-refractivity contribution in [3.8, 4) is 0 Å². The van der Waals surface area contributed by atoms with Crippen molar-refractivity contribution in [2.75, 3.05) is 23.7 Å². The molecule has 1 aliphatic carbocycles. The first-order valence-electron chi connectivity index (χ1n) is 8.84. The normalized spacial score (nSPS) is 20.6. The highest BCUT2D eigenvalue weighted by molar-refractivity contribution is 5.89. The standard InChI is InChI=1S/C18H26N4/c19-16-11-14-13-22(15-7-3-1-4-8-15)20-17(14)12-18(16)21-9-5-2-6-10-21/h11-13,15H,1-10,19H2. The average Bonchev–Trinajstić information content (AvgIpc) is 2.98. The lowest BCUT2D eigenvalue weighted by molar-refractivity contribution is 0.331.